The lowest BCUT2D eigenvalue weighted by Gasteiger charge is -2.26. The van der Waals surface area contributed by atoms with Crippen LogP contribution in [0.4, 0.5) is 11.4 Å². The number of amides is 1. The minimum atomic E-state index is -0.149. The molecule has 1 heterocycles. The monoisotopic (exact) mass is 206 g/mol. The zero-order valence-corrected chi connectivity index (χ0v) is 8.83. The van der Waals surface area contributed by atoms with E-state index in [0.717, 1.165) is 23.5 Å². The SMILES string of the molecule is CCC1Nc2cc(OC)ccc2NC1=O. The van der Waals surface area contributed by atoms with Gasteiger partial charge in [0, 0.05) is 6.07 Å². The zero-order chi connectivity index (χ0) is 10.8. The van der Waals surface area contributed by atoms with Crippen LogP contribution < -0.4 is 15.4 Å². The summed E-state index contributed by atoms with van der Waals surface area (Å²) >= 11 is 0. The van der Waals surface area contributed by atoms with Crippen LogP contribution in [0.15, 0.2) is 18.2 Å². The van der Waals surface area contributed by atoms with Gasteiger partial charge in [0.15, 0.2) is 0 Å². The Labute approximate surface area is 88.6 Å². The van der Waals surface area contributed by atoms with E-state index in [2.05, 4.69) is 10.6 Å². The number of nitrogens with one attached hydrogen (secondary N) is 2. The second-order valence-electron chi connectivity index (χ2n) is 3.51. The second kappa shape index (κ2) is 3.81. The third-order valence-corrected chi connectivity index (χ3v) is 2.54. The van der Waals surface area contributed by atoms with E-state index in [0.29, 0.717) is 0 Å². The molecule has 15 heavy (non-hydrogen) atoms. The molecule has 0 saturated heterocycles. The van der Waals surface area contributed by atoms with Crippen molar-refractivity contribution >= 4 is 17.3 Å². The Hall–Kier alpha value is -1.71. The highest BCUT2D eigenvalue weighted by Gasteiger charge is 2.23. The molecule has 4 nitrogen and oxygen atoms in total. The van der Waals surface area contributed by atoms with E-state index in [1.165, 1.54) is 0 Å². The van der Waals surface area contributed by atoms with Gasteiger partial charge in [0.2, 0.25) is 5.91 Å². The standard InChI is InChI=1S/C11H14N2O2/c1-3-8-11(14)13-9-5-4-7(15-2)6-10(9)12-8/h4-6,8,12H,3H2,1-2H3,(H,13,14). The molecule has 0 radical (unpaired) electrons. The molecule has 1 aromatic carbocycles. The van der Waals surface area contributed by atoms with Crippen LogP contribution in [-0.4, -0.2) is 19.1 Å². The van der Waals surface area contributed by atoms with Crippen LogP contribution in [0.1, 0.15) is 13.3 Å². The highest BCUT2D eigenvalue weighted by Crippen LogP contribution is 2.30. The molecule has 0 aromatic heterocycles. The van der Waals surface area contributed by atoms with Gasteiger partial charge in [-0.25, -0.2) is 0 Å². The number of hydrogen-bond acceptors (Lipinski definition) is 3. The molecule has 1 atom stereocenters. The van der Waals surface area contributed by atoms with Crippen molar-refractivity contribution in [1.29, 1.82) is 0 Å². The van der Waals surface area contributed by atoms with Crippen LogP contribution in [0, 0.1) is 0 Å². The molecule has 1 aromatic rings. The van der Waals surface area contributed by atoms with Gasteiger partial charge >= 0.3 is 0 Å². The van der Waals surface area contributed by atoms with Gasteiger partial charge in [-0.3, -0.25) is 4.79 Å². The largest absolute Gasteiger partial charge is 0.497 e. The van der Waals surface area contributed by atoms with Gasteiger partial charge in [-0.15, -0.1) is 0 Å². The van der Waals surface area contributed by atoms with Crippen molar-refractivity contribution in [3.8, 4) is 5.75 Å². The van der Waals surface area contributed by atoms with Crippen molar-refractivity contribution in [2.45, 2.75) is 19.4 Å². The minimum Gasteiger partial charge on any atom is -0.497 e. The van der Waals surface area contributed by atoms with Gasteiger partial charge in [-0.2, -0.15) is 0 Å². The molecule has 1 unspecified atom stereocenters. The highest BCUT2D eigenvalue weighted by atomic mass is 16.5. The first-order valence-corrected chi connectivity index (χ1v) is 5.00. The van der Waals surface area contributed by atoms with Crippen LogP contribution in [0.2, 0.25) is 0 Å². The average Bonchev–Trinajstić information content (AvgIpc) is 2.27. The maximum atomic E-state index is 11.5. The number of carbonyl (C=O) groups is 1. The molecule has 0 saturated carbocycles. The predicted octanol–water partition coefficient (Wildman–Crippen LogP) is 1.84. The first-order valence-electron chi connectivity index (χ1n) is 5.00. The van der Waals surface area contributed by atoms with Crippen LogP contribution >= 0.6 is 0 Å². The molecular weight excluding hydrogens is 192 g/mol. The number of rotatable bonds is 2. The second-order valence-corrected chi connectivity index (χ2v) is 3.51. The Kier molecular flexibility index (Phi) is 2.49. The predicted molar refractivity (Wildman–Crippen MR) is 59.3 cm³/mol. The van der Waals surface area contributed by atoms with Gasteiger partial charge in [0.1, 0.15) is 11.8 Å². The van der Waals surface area contributed by atoms with Gasteiger partial charge in [0.25, 0.3) is 0 Å². The number of methoxy groups -OCH3 is 1. The third kappa shape index (κ3) is 1.75. The first-order chi connectivity index (χ1) is 7.24. The van der Waals surface area contributed by atoms with Gasteiger partial charge < -0.3 is 15.4 Å². The van der Waals surface area contributed by atoms with Crippen LogP contribution in [-0.2, 0) is 4.79 Å². The molecule has 80 valence electrons. The average molecular weight is 206 g/mol. The molecule has 0 spiro atoms. The molecule has 1 amide bonds. The number of anilines is 2. The van der Waals surface area contributed by atoms with E-state index in [1.54, 1.807) is 7.11 Å². The molecule has 4 heteroatoms. The Balaban J connectivity index is 2.33. The normalized spacial score (nSPS) is 18.8. The minimum absolute atomic E-state index is 0.0233. The lowest BCUT2D eigenvalue weighted by molar-refractivity contribution is -0.117. The summed E-state index contributed by atoms with van der Waals surface area (Å²) in [6.07, 6.45) is 0.766. The smallest absolute Gasteiger partial charge is 0.246 e. The fourth-order valence-corrected chi connectivity index (χ4v) is 1.64. The molecule has 0 bridgehead atoms. The van der Waals surface area contributed by atoms with E-state index >= 15 is 0 Å². The quantitative estimate of drug-likeness (QED) is 0.776. The molecule has 0 aliphatic carbocycles. The third-order valence-electron chi connectivity index (χ3n) is 2.54. The number of hydrogen-bond donors (Lipinski definition) is 2. The van der Waals surface area contributed by atoms with Crippen LogP contribution in [0.25, 0.3) is 0 Å². The van der Waals surface area contributed by atoms with Gasteiger partial charge in [-0.1, -0.05) is 6.92 Å². The van der Waals surface area contributed by atoms with Crippen LogP contribution in [0.3, 0.4) is 0 Å². The summed E-state index contributed by atoms with van der Waals surface area (Å²) in [6.45, 7) is 1.97. The summed E-state index contributed by atoms with van der Waals surface area (Å²) in [6, 6.07) is 5.40. The van der Waals surface area contributed by atoms with E-state index in [1.807, 2.05) is 25.1 Å². The van der Waals surface area contributed by atoms with Gasteiger partial charge in [0.05, 0.1) is 18.5 Å². The molecule has 0 fully saturated rings. The maximum Gasteiger partial charge on any atom is 0.246 e. The lowest BCUT2D eigenvalue weighted by atomic mass is 10.1. The maximum absolute atomic E-state index is 11.5. The van der Waals surface area contributed by atoms with E-state index in [-0.39, 0.29) is 11.9 Å². The Morgan fingerprint density at radius 3 is 2.87 bits per heavy atom. The van der Waals surface area contributed by atoms with E-state index in [9.17, 15) is 4.79 Å². The number of fused-ring (bicyclic) bond motifs is 1. The van der Waals surface area contributed by atoms with Crippen molar-refractivity contribution < 1.29 is 9.53 Å². The highest BCUT2D eigenvalue weighted by molar-refractivity contribution is 6.03. The molecule has 1 aliphatic rings. The number of ether oxygens (including phenoxy) is 1. The molecular formula is C11H14N2O2. The lowest BCUT2D eigenvalue weighted by Crippen LogP contribution is -2.38. The van der Waals surface area contributed by atoms with Crippen molar-refractivity contribution in [3.63, 3.8) is 0 Å². The summed E-state index contributed by atoms with van der Waals surface area (Å²) in [5.74, 6) is 0.808. The molecule has 2 N–H and O–H groups in total. The Morgan fingerprint density at radius 1 is 1.40 bits per heavy atom. The summed E-state index contributed by atoms with van der Waals surface area (Å²) in [5.41, 5.74) is 1.73. The fourth-order valence-electron chi connectivity index (χ4n) is 1.64. The fraction of sp³-hybridized carbons (Fsp3) is 0.364. The summed E-state index contributed by atoms with van der Waals surface area (Å²) < 4.78 is 5.12. The van der Waals surface area contributed by atoms with E-state index in [4.69, 9.17) is 4.74 Å². The van der Waals surface area contributed by atoms with E-state index < -0.39 is 0 Å². The number of benzene rings is 1. The van der Waals surface area contributed by atoms with Crippen molar-refractivity contribution in [2.75, 3.05) is 17.7 Å². The first kappa shape index (κ1) is 9.83. The van der Waals surface area contributed by atoms with Crippen LogP contribution in [0.5, 0.6) is 5.75 Å². The summed E-state index contributed by atoms with van der Waals surface area (Å²) in [7, 11) is 1.63. The van der Waals surface area contributed by atoms with Crippen molar-refractivity contribution in [1.82, 2.24) is 0 Å². The number of carbonyl (C=O) groups excluding carboxylic acids is 1. The topological polar surface area (TPSA) is 50.4 Å². The summed E-state index contributed by atoms with van der Waals surface area (Å²) in [4.78, 5) is 11.5. The van der Waals surface area contributed by atoms with Crippen molar-refractivity contribution in [3.05, 3.63) is 18.2 Å². The van der Waals surface area contributed by atoms with Gasteiger partial charge in [-0.05, 0) is 18.6 Å². The Bertz CT molecular complexity index is 390. The molecule has 1 aliphatic heterocycles. The molecule has 2 rings (SSSR count). The Morgan fingerprint density at radius 2 is 2.20 bits per heavy atom. The van der Waals surface area contributed by atoms with Crippen molar-refractivity contribution in [2.24, 2.45) is 0 Å². The zero-order valence-electron chi connectivity index (χ0n) is 8.83. The summed E-state index contributed by atoms with van der Waals surface area (Å²) in [5, 5.41) is 6.03.